The first kappa shape index (κ1) is 25.2. The Kier molecular flexibility index (Phi) is 5.38. The molecule has 4 aromatic heterocycles. The Balaban J connectivity index is 1.48. The largest absolute Gasteiger partial charge is 0.292 e. The maximum atomic E-state index is 4.87. The fraction of sp³-hybridized carbons (Fsp3) is 0.158. The lowest BCUT2D eigenvalue weighted by Gasteiger charge is -2.24. The Labute approximate surface area is 249 Å². The van der Waals surface area contributed by atoms with E-state index in [0.29, 0.717) is 0 Å². The van der Waals surface area contributed by atoms with Gasteiger partial charge in [0.15, 0.2) is 6.20 Å². The molecule has 0 N–H and O–H groups in total. The summed E-state index contributed by atoms with van der Waals surface area (Å²) in [6.45, 7) is 9.24. The molecule has 0 aliphatic rings. The third kappa shape index (κ3) is 3.51. The maximum absolute atomic E-state index is 4.87. The van der Waals surface area contributed by atoms with Gasteiger partial charge in [-0.1, -0.05) is 75.4 Å². The van der Waals surface area contributed by atoms with E-state index in [-0.39, 0.29) is 5.41 Å². The Hall–Kier alpha value is -4.54. The highest BCUT2D eigenvalue weighted by atomic mass is 32.1. The maximum Gasteiger partial charge on any atom is 0.230 e. The molecule has 0 atom stereocenters. The Morgan fingerprint density at radius 1 is 0.714 bits per heavy atom. The fourth-order valence-electron chi connectivity index (χ4n) is 6.80. The molecule has 0 fully saturated rings. The molecule has 0 saturated carbocycles. The van der Waals surface area contributed by atoms with E-state index in [1.165, 1.54) is 75.3 Å². The summed E-state index contributed by atoms with van der Waals surface area (Å²) in [7, 11) is 2.18. The van der Waals surface area contributed by atoms with E-state index >= 15 is 0 Å². The molecule has 8 rings (SSSR count). The number of para-hydroxylation sites is 1. The molecule has 0 saturated heterocycles. The van der Waals surface area contributed by atoms with E-state index in [9.17, 15) is 0 Å². The summed E-state index contributed by atoms with van der Waals surface area (Å²) < 4.78 is 7.25. The van der Waals surface area contributed by atoms with Crippen molar-refractivity contribution < 1.29 is 4.57 Å². The lowest BCUT2D eigenvalue weighted by atomic mass is 9.80. The third-order valence-electron chi connectivity index (χ3n) is 8.82. The van der Waals surface area contributed by atoms with Crippen LogP contribution in [0.15, 0.2) is 103 Å². The molecule has 42 heavy (non-hydrogen) atoms. The fourth-order valence-corrected chi connectivity index (χ4v) is 8.20. The van der Waals surface area contributed by atoms with E-state index in [1.807, 2.05) is 23.6 Å². The molecule has 204 valence electrons. The van der Waals surface area contributed by atoms with Gasteiger partial charge in [-0.2, -0.15) is 4.57 Å². The molecule has 0 unspecified atom stereocenters. The van der Waals surface area contributed by atoms with Gasteiger partial charge in [0.2, 0.25) is 5.69 Å². The first-order valence-corrected chi connectivity index (χ1v) is 15.4. The van der Waals surface area contributed by atoms with Crippen LogP contribution in [-0.4, -0.2) is 9.55 Å². The summed E-state index contributed by atoms with van der Waals surface area (Å²) in [4.78, 5) is 4.87. The first-order chi connectivity index (χ1) is 20.3. The molecule has 0 spiro atoms. The second-order valence-electron chi connectivity index (χ2n) is 12.4. The van der Waals surface area contributed by atoms with Crippen LogP contribution in [0.2, 0.25) is 0 Å². The number of hydrogen-bond acceptors (Lipinski definition) is 2. The van der Waals surface area contributed by atoms with Crippen molar-refractivity contribution in [2.24, 2.45) is 7.05 Å². The number of fused-ring (bicyclic) bond motifs is 7. The number of rotatable bonds is 2. The molecule has 8 aromatic rings. The summed E-state index contributed by atoms with van der Waals surface area (Å²) in [5.74, 6) is 0. The molecule has 3 nitrogen and oxygen atoms in total. The van der Waals surface area contributed by atoms with Gasteiger partial charge < -0.3 is 0 Å². The van der Waals surface area contributed by atoms with Gasteiger partial charge in [-0.05, 0) is 64.6 Å². The second-order valence-corrected chi connectivity index (χ2v) is 13.4. The highest BCUT2D eigenvalue weighted by Crippen LogP contribution is 2.45. The van der Waals surface area contributed by atoms with Gasteiger partial charge in [-0.25, -0.2) is 4.98 Å². The van der Waals surface area contributed by atoms with Crippen LogP contribution in [0.3, 0.4) is 0 Å². The van der Waals surface area contributed by atoms with Crippen LogP contribution >= 0.6 is 11.3 Å². The summed E-state index contributed by atoms with van der Waals surface area (Å²) in [5, 5.41) is 7.66. The lowest BCUT2D eigenvalue weighted by Crippen LogP contribution is -2.30. The topological polar surface area (TPSA) is 21.7 Å². The van der Waals surface area contributed by atoms with Gasteiger partial charge in [0.1, 0.15) is 17.4 Å². The summed E-state index contributed by atoms with van der Waals surface area (Å²) in [5.41, 5.74) is 8.66. The normalized spacial score (nSPS) is 12.4. The predicted octanol–water partition coefficient (Wildman–Crippen LogP) is 9.80. The van der Waals surface area contributed by atoms with Crippen molar-refractivity contribution >= 4 is 64.2 Å². The van der Waals surface area contributed by atoms with Crippen LogP contribution < -0.4 is 4.57 Å². The summed E-state index contributed by atoms with van der Waals surface area (Å²) in [6.07, 6.45) is 4.13. The number of benzene rings is 4. The molecule has 0 aliphatic carbocycles. The van der Waals surface area contributed by atoms with E-state index in [4.69, 9.17) is 4.98 Å². The minimum absolute atomic E-state index is 0.0192. The van der Waals surface area contributed by atoms with Gasteiger partial charge in [0.05, 0.1) is 21.5 Å². The van der Waals surface area contributed by atoms with Crippen molar-refractivity contribution in [1.82, 2.24) is 9.55 Å². The highest BCUT2D eigenvalue weighted by Gasteiger charge is 2.27. The van der Waals surface area contributed by atoms with Crippen LogP contribution in [0.1, 0.15) is 31.9 Å². The zero-order valence-corrected chi connectivity index (χ0v) is 25.4. The van der Waals surface area contributed by atoms with Crippen molar-refractivity contribution in [3.05, 3.63) is 115 Å². The van der Waals surface area contributed by atoms with E-state index in [0.717, 1.165) is 5.65 Å². The monoisotopic (exact) mass is 562 g/mol. The molecule has 0 aliphatic heterocycles. The number of thiophene rings is 1. The second kappa shape index (κ2) is 8.98. The van der Waals surface area contributed by atoms with Crippen molar-refractivity contribution in [3.63, 3.8) is 0 Å². The Morgan fingerprint density at radius 3 is 2.21 bits per heavy atom. The van der Waals surface area contributed by atoms with Gasteiger partial charge in [0, 0.05) is 33.8 Å². The van der Waals surface area contributed by atoms with Crippen molar-refractivity contribution in [3.8, 4) is 16.9 Å². The van der Waals surface area contributed by atoms with Crippen LogP contribution in [0, 0.1) is 6.92 Å². The van der Waals surface area contributed by atoms with Crippen molar-refractivity contribution in [1.29, 1.82) is 0 Å². The number of hydrogen-bond donors (Lipinski definition) is 0. The Morgan fingerprint density at radius 2 is 1.40 bits per heavy atom. The minimum Gasteiger partial charge on any atom is -0.292 e. The number of aryl methyl sites for hydroxylation is 2. The standard InChI is InChI=1S/C38H32N3S/c1-23-24-12-6-7-13-25(24)31(38(2,3)4)22-30(23)34-36-28(19-21-40(34)5)27-15-10-18-33(35(27)42-36)41-32-17-9-8-14-26(32)29-16-11-20-39-37(29)41/h6-22H,1-5H3/q+1. The van der Waals surface area contributed by atoms with Crippen LogP contribution in [0.5, 0.6) is 0 Å². The van der Waals surface area contributed by atoms with E-state index < -0.39 is 0 Å². The van der Waals surface area contributed by atoms with Crippen molar-refractivity contribution in [2.75, 3.05) is 0 Å². The zero-order valence-electron chi connectivity index (χ0n) is 24.6. The van der Waals surface area contributed by atoms with Crippen molar-refractivity contribution in [2.45, 2.75) is 33.1 Å². The summed E-state index contributed by atoms with van der Waals surface area (Å²) in [6, 6.07) is 33.2. The molecular formula is C38H32N3S+. The van der Waals surface area contributed by atoms with E-state index in [1.54, 1.807) is 0 Å². The smallest absolute Gasteiger partial charge is 0.230 e. The Bertz CT molecular complexity index is 2310. The molecule has 4 aromatic carbocycles. The minimum atomic E-state index is 0.0192. The molecular weight excluding hydrogens is 531 g/mol. The third-order valence-corrected chi connectivity index (χ3v) is 10.1. The number of aromatic nitrogens is 3. The van der Waals surface area contributed by atoms with Crippen LogP contribution in [0.4, 0.5) is 0 Å². The predicted molar refractivity (Wildman–Crippen MR) is 179 cm³/mol. The van der Waals surface area contributed by atoms with Gasteiger partial charge >= 0.3 is 0 Å². The lowest BCUT2D eigenvalue weighted by molar-refractivity contribution is -0.659. The molecule has 4 heteroatoms. The highest BCUT2D eigenvalue weighted by molar-refractivity contribution is 7.26. The van der Waals surface area contributed by atoms with Gasteiger partial charge in [-0.15, -0.1) is 11.3 Å². The average molecular weight is 563 g/mol. The molecule has 4 heterocycles. The molecule has 0 bridgehead atoms. The number of pyridine rings is 2. The molecule has 0 radical (unpaired) electrons. The van der Waals surface area contributed by atoms with Crippen LogP contribution in [-0.2, 0) is 12.5 Å². The SMILES string of the molecule is Cc1c(-c2c3sc4c(-n5c6ccccc6c6cccnc65)cccc4c3cc[n+]2C)cc(C(C)(C)C)c2ccccc12. The first-order valence-electron chi connectivity index (χ1n) is 14.5. The van der Waals surface area contributed by atoms with Gasteiger partial charge in [-0.3, -0.25) is 4.57 Å². The average Bonchev–Trinajstić information content (AvgIpc) is 3.53. The zero-order chi connectivity index (χ0) is 28.7. The number of nitrogens with zero attached hydrogens (tertiary/aromatic N) is 3. The van der Waals surface area contributed by atoms with Crippen LogP contribution in [0.25, 0.3) is 69.8 Å². The van der Waals surface area contributed by atoms with Gasteiger partial charge in [0.25, 0.3) is 0 Å². The van der Waals surface area contributed by atoms with E-state index in [2.05, 4.69) is 135 Å². The quantitative estimate of drug-likeness (QED) is 0.192. The summed E-state index contributed by atoms with van der Waals surface area (Å²) >= 11 is 1.90. The molecule has 0 amide bonds.